The van der Waals surface area contributed by atoms with Crippen LogP contribution in [0.1, 0.15) is 11.1 Å². The number of amides is 1. The van der Waals surface area contributed by atoms with E-state index >= 15 is 0 Å². The van der Waals surface area contributed by atoms with Gasteiger partial charge >= 0.3 is 6.18 Å². The maximum Gasteiger partial charge on any atom is 0.417 e. The molecule has 82 valence electrons. The molecule has 0 fully saturated rings. The van der Waals surface area contributed by atoms with Gasteiger partial charge in [0, 0.05) is 4.47 Å². The quantitative estimate of drug-likeness (QED) is 0.889. The molecular formula is C9H7BrF3NO. The second-order valence-corrected chi connectivity index (χ2v) is 3.81. The third kappa shape index (κ3) is 3.23. The molecule has 0 saturated carbocycles. The first kappa shape index (κ1) is 12.0. The van der Waals surface area contributed by atoms with Crippen molar-refractivity contribution in [1.29, 1.82) is 0 Å². The van der Waals surface area contributed by atoms with Crippen LogP contribution in [0, 0.1) is 0 Å². The Morgan fingerprint density at radius 1 is 1.40 bits per heavy atom. The first-order valence-corrected chi connectivity index (χ1v) is 4.74. The first-order chi connectivity index (χ1) is 6.80. The van der Waals surface area contributed by atoms with E-state index < -0.39 is 17.6 Å². The summed E-state index contributed by atoms with van der Waals surface area (Å²) in [7, 11) is 0. The molecule has 0 spiro atoms. The maximum absolute atomic E-state index is 12.4. The van der Waals surface area contributed by atoms with Crippen molar-refractivity contribution in [3.63, 3.8) is 0 Å². The van der Waals surface area contributed by atoms with Crippen LogP contribution in [0.3, 0.4) is 0 Å². The van der Waals surface area contributed by atoms with E-state index in [4.69, 9.17) is 5.73 Å². The number of hydrogen-bond acceptors (Lipinski definition) is 1. The Kier molecular flexibility index (Phi) is 3.38. The Bertz CT molecular complexity index is 389. The van der Waals surface area contributed by atoms with Crippen molar-refractivity contribution in [1.82, 2.24) is 0 Å². The van der Waals surface area contributed by atoms with Crippen molar-refractivity contribution in [3.8, 4) is 0 Å². The molecule has 0 aromatic heterocycles. The van der Waals surface area contributed by atoms with Crippen molar-refractivity contribution in [2.45, 2.75) is 12.6 Å². The molecule has 1 aromatic carbocycles. The zero-order valence-electron chi connectivity index (χ0n) is 7.44. The highest BCUT2D eigenvalue weighted by atomic mass is 79.9. The molecule has 0 aliphatic heterocycles. The van der Waals surface area contributed by atoms with Crippen LogP contribution >= 0.6 is 15.9 Å². The molecule has 1 aromatic rings. The van der Waals surface area contributed by atoms with E-state index in [2.05, 4.69) is 15.9 Å². The van der Waals surface area contributed by atoms with Crippen molar-refractivity contribution >= 4 is 21.8 Å². The number of halogens is 4. The summed E-state index contributed by atoms with van der Waals surface area (Å²) in [4.78, 5) is 10.5. The van der Waals surface area contributed by atoms with E-state index in [1.807, 2.05) is 0 Å². The van der Waals surface area contributed by atoms with Gasteiger partial charge in [-0.25, -0.2) is 0 Å². The van der Waals surface area contributed by atoms with E-state index in [9.17, 15) is 18.0 Å². The van der Waals surface area contributed by atoms with Gasteiger partial charge in [0.05, 0.1) is 12.0 Å². The maximum atomic E-state index is 12.4. The summed E-state index contributed by atoms with van der Waals surface area (Å²) in [5.41, 5.74) is 4.33. The van der Waals surface area contributed by atoms with E-state index in [1.165, 1.54) is 12.1 Å². The molecule has 1 rings (SSSR count). The molecule has 2 nitrogen and oxygen atoms in total. The standard InChI is InChI=1S/C9H7BrF3NO/c10-7-2-1-5(4-8(14)15)3-6(7)9(11,12)13/h1-3H,4H2,(H2,14,15). The summed E-state index contributed by atoms with van der Waals surface area (Å²) in [6.07, 6.45) is -4.64. The van der Waals surface area contributed by atoms with Crippen LogP contribution in [0.25, 0.3) is 0 Å². The number of carbonyl (C=O) groups is 1. The Morgan fingerprint density at radius 2 is 2.00 bits per heavy atom. The SMILES string of the molecule is NC(=O)Cc1ccc(Br)c(C(F)(F)F)c1. The highest BCUT2D eigenvalue weighted by Crippen LogP contribution is 2.35. The van der Waals surface area contributed by atoms with Gasteiger partial charge in [-0.1, -0.05) is 22.0 Å². The van der Waals surface area contributed by atoms with Crippen LogP contribution in [0.15, 0.2) is 22.7 Å². The molecule has 0 atom stereocenters. The van der Waals surface area contributed by atoms with Crippen molar-refractivity contribution < 1.29 is 18.0 Å². The number of rotatable bonds is 2. The molecule has 0 bridgehead atoms. The first-order valence-electron chi connectivity index (χ1n) is 3.94. The highest BCUT2D eigenvalue weighted by Gasteiger charge is 2.33. The second kappa shape index (κ2) is 4.22. The molecule has 0 saturated heterocycles. The van der Waals surface area contributed by atoms with Gasteiger partial charge in [0.2, 0.25) is 5.91 Å². The topological polar surface area (TPSA) is 43.1 Å². The summed E-state index contributed by atoms with van der Waals surface area (Å²) in [5.74, 6) is -0.662. The summed E-state index contributed by atoms with van der Waals surface area (Å²) in [6, 6.07) is 3.58. The number of primary amides is 1. The minimum atomic E-state index is -4.44. The van der Waals surface area contributed by atoms with Gasteiger partial charge in [-0.3, -0.25) is 4.79 Å². The smallest absolute Gasteiger partial charge is 0.369 e. The number of alkyl halides is 3. The van der Waals surface area contributed by atoms with E-state index in [0.29, 0.717) is 0 Å². The lowest BCUT2D eigenvalue weighted by atomic mass is 10.1. The summed E-state index contributed by atoms with van der Waals surface area (Å²) >= 11 is 2.80. The molecule has 15 heavy (non-hydrogen) atoms. The molecule has 0 unspecified atom stereocenters. The minimum Gasteiger partial charge on any atom is -0.369 e. The Balaban J connectivity index is 3.11. The lowest BCUT2D eigenvalue weighted by Crippen LogP contribution is -2.14. The summed E-state index contributed by atoms with van der Waals surface area (Å²) < 4.78 is 37.2. The van der Waals surface area contributed by atoms with Crippen molar-refractivity contribution in [3.05, 3.63) is 33.8 Å². The lowest BCUT2D eigenvalue weighted by molar-refractivity contribution is -0.138. The molecule has 0 aliphatic rings. The zero-order chi connectivity index (χ0) is 11.6. The molecule has 1 amide bonds. The minimum absolute atomic E-state index is 0.0526. The lowest BCUT2D eigenvalue weighted by Gasteiger charge is -2.10. The predicted molar refractivity (Wildman–Crippen MR) is 52.0 cm³/mol. The largest absolute Gasteiger partial charge is 0.417 e. The highest BCUT2D eigenvalue weighted by molar-refractivity contribution is 9.10. The molecule has 0 heterocycles. The fraction of sp³-hybridized carbons (Fsp3) is 0.222. The predicted octanol–water partition coefficient (Wildman–Crippen LogP) is 2.50. The van der Waals surface area contributed by atoms with Gasteiger partial charge in [-0.15, -0.1) is 0 Å². The molecule has 6 heteroatoms. The van der Waals surface area contributed by atoms with Crippen molar-refractivity contribution in [2.75, 3.05) is 0 Å². The van der Waals surface area contributed by atoms with Gasteiger partial charge in [-0.2, -0.15) is 13.2 Å². The zero-order valence-corrected chi connectivity index (χ0v) is 9.02. The Hall–Kier alpha value is -1.04. The molecule has 0 radical (unpaired) electrons. The van der Waals surface area contributed by atoms with Gasteiger partial charge in [0.1, 0.15) is 0 Å². The van der Waals surface area contributed by atoms with Crippen LogP contribution in [-0.4, -0.2) is 5.91 Å². The van der Waals surface area contributed by atoms with Crippen LogP contribution in [-0.2, 0) is 17.4 Å². The van der Waals surface area contributed by atoms with Crippen LogP contribution in [0.4, 0.5) is 13.2 Å². The third-order valence-electron chi connectivity index (χ3n) is 1.71. The van der Waals surface area contributed by atoms with Crippen LogP contribution in [0.2, 0.25) is 0 Å². The summed E-state index contributed by atoms with van der Waals surface area (Å²) in [5, 5.41) is 0. The number of carbonyl (C=O) groups excluding carboxylic acids is 1. The van der Waals surface area contributed by atoms with E-state index in [0.717, 1.165) is 6.07 Å². The van der Waals surface area contributed by atoms with Gasteiger partial charge in [-0.05, 0) is 17.7 Å². The summed E-state index contributed by atoms with van der Waals surface area (Å²) in [6.45, 7) is 0. The normalized spacial score (nSPS) is 11.5. The van der Waals surface area contributed by atoms with Crippen molar-refractivity contribution in [2.24, 2.45) is 5.73 Å². The average Bonchev–Trinajstić information content (AvgIpc) is 2.05. The number of nitrogens with two attached hydrogens (primary N) is 1. The monoisotopic (exact) mass is 281 g/mol. The number of benzene rings is 1. The Labute approximate surface area is 92.4 Å². The van der Waals surface area contributed by atoms with Gasteiger partial charge < -0.3 is 5.73 Å². The molecule has 2 N–H and O–H groups in total. The molecule has 0 aliphatic carbocycles. The second-order valence-electron chi connectivity index (χ2n) is 2.96. The fourth-order valence-corrected chi connectivity index (χ4v) is 1.57. The van der Waals surface area contributed by atoms with Crippen LogP contribution < -0.4 is 5.73 Å². The van der Waals surface area contributed by atoms with Gasteiger partial charge in [0.25, 0.3) is 0 Å². The van der Waals surface area contributed by atoms with E-state index in [1.54, 1.807) is 0 Å². The van der Waals surface area contributed by atoms with Gasteiger partial charge in [0.15, 0.2) is 0 Å². The fourth-order valence-electron chi connectivity index (χ4n) is 1.10. The Morgan fingerprint density at radius 3 is 2.47 bits per heavy atom. The average molecular weight is 282 g/mol. The van der Waals surface area contributed by atoms with E-state index in [-0.39, 0.29) is 16.5 Å². The number of hydrogen-bond donors (Lipinski definition) is 1. The molecular weight excluding hydrogens is 275 g/mol. The van der Waals surface area contributed by atoms with Crippen LogP contribution in [0.5, 0.6) is 0 Å². The third-order valence-corrected chi connectivity index (χ3v) is 2.41.